The lowest BCUT2D eigenvalue weighted by Crippen LogP contribution is -2.47. The van der Waals surface area contributed by atoms with Crippen molar-refractivity contribution in [1.29, 1.82) is 0 Å². The van der Waals surface area contributed by atoms with Gasteiger partial charge in [0.05, 0.1) is 6.04 Å². The summed E-state index contributed by atoms with van der Waals surface area (Å²) >= 11 is 7.60. The molecule has 2 N–H and O–H groups in total. The highest BCUT2D eigenvalue weighted by Gasteiger charge is 2.40. The van der Waals surface area contributed by atoms with E-state index >= 15 is 0 Å². The first-order chi connectivity index (χ1) is 9.08. The summed E-state index contributed by atoms with van der Waals surface area (Å²) in [5, 5.41) is 14.0. The molecule has 1 aliphatic carbocycles. The Kier molecular flexibility index (Phi) is 3.50. The van der Waals surface area contributed by atoms with Crippen LogP contribution in [0.3, 0.4) is 0 Å². The van der Waals surface area contributed by atoms with Crippen LogP contribution in [-0.4, -0.2) is 28.1 Å². The largest absolute Gasteiger partial charge is 0.379 e. The van der Waals surface area contributed by atoms with Gasteiger partial charge < -0.3 is 10.4 Å². The van der Waals surface area contributed by atoms with E-state index in [1.165, 1.54) is 5.56 Å². The molecule has 0 saturated carbocycles. The van der Waals surface area contributed by atoms with Gasteiger partial charge in [-0.3, -0.25) is 4.79 Å². The van der Waals surface area contributed by atoms with Crippen LogP contribution >= 0.6 is 23.4 Å². The molecular weight excluding hydrogens is 282 g/mol. The molecule has 0 radical (unpaired) electrons. The van der Waals surface area contributed by atoms with Crippen molar-refractivity contribution >= 4 is 29.3 Å². The van der Waals surface area contributed by atoms with Crippen LogP contribution in [0, 0.1) is 0 Å². The summed E-state index contributed by atoms with van der Waals surface area (Å²) in [6, 6.07) is 5.80. The smallest absolute Gasteiger partial charge is 0.253 e. The van der Waals surface area contributed by atoms with Gasteiger partial charge in [-0.15, -0.1) is 0 Å². The number of amides is 1. The van der Waals surface area contributed by atoms with E-state index in [4.69, 9.17) is 11.6 Å². The van der Waals surface area contributed by atoms with E-state index in [-0.39, 0.29) is 11.9 Å². The molecule has 3 rings (SSSR count). The maximum Gasteiger partial charge on any atom is 0.253 e. The van der Waals surface area contributed by atoms with E-state index in [0.717, 1.165) is 29.2 Å². The van der Waals surface area contributed by atoms with Crippen LogP contribution in [0.15, 0.2) is 18.2 Å². The summed E-state index contributed by atoms with van der Waals surface area (Å²) in [6.07, 6.45) is 2.35. The molecule has 1 saturated heterocycles. The van der Waals surface area contributed by atoms with Gasteiger partial charge in [0.25, 0.3) is 5.91 Å². The summed E-state index contributed by atoms with van der Waals surface area (Å²) < 4.78 is 0. The number of halogens is 1. The van der Waals surface area contributed by atoms with E-state index in [0.29, 0.717) is 12.2 Å². The van der Waals surface area contributed by atoms with Crippen molar-refractivity contribution in [3.8, 4) is 0 Å². The zero-order valence-corrected chi connectivity index (χ0v) is 12.1. The monoisotopic (exact) mass is 297 g/mol. The average molecular weight is 298 g/mol. The second-order valence-electron chi connectivity index (χ2n) is 5.24. The number of hydrogen-bond acceptors (Lipinski definition) is 3. The molecule has 1 amide bonds. The zero-order valence-electron chi connectivity index (χ0n) is 10.5. The van der Waals surface area contributed by atoms with Crippen LogP contribution in [0.2, 0.25) is 5.02 Å². The molecule has 2 atom stereocenters. The highest BCUT2D eigenvalue weighted by Crippen LogP contribution is 2.34. The fourth-order valence-corrected chi connectivity index (χ4v) is 4.20. The van der Waals surface area contributed by atoms with Crippen LogP contribution in [0.1, 0.15) is 30.0 Å². The molecule has 102 valence electrons. The minimum Gasteiger partial charge on any atom is -0.379 e. The van der Waals surface area contributed by atoms with Crippen LogP contribution in [0.4, 0.5) is 0 Å². The molecule has 5 heteroatoms. The third kappa shape index (κ3) is 2.49. The Labute approximate surface area is 121 Å². The lowest BCUT2D eigenvalue weighted by atomic mass is 10.0. The summed E-state index contributed by atoms with van der Waals surface area (Å²) in [5.74, 6) is 1.12. The van der Waals surface area contributed by atoms with Crippen LogP contribution < -0.4 is 5.32 Å². The molecule has 2 unspecified atom stereocenters. The number of carbonyl (C=O) groups is 1. The lowest BCUT2D eigenvalue weighted by molar-refractivity contribution is -0.138. The van der Waals surface area contributed by atoms with Gasteiger partial charge in [-0.25, -0.2) is 0 Å². The predicted octanol–water partition coefficient (Wildman–Crippen LogP) is 2.31. The topological polar surface area (TPSA) is 49.3 Å². The molecule has 1 aromatic carbocycles. The van der Waals surface area contributed by atoms with Gasteiger partial charge >= 0.3 is 0 Å². The number of aliphatic hydroxyl groups is 1. The fraction of sp³-hybridized carbons (Fsp3) is 0.500. The van der Waals surface area contributed by atoms with E-state index in [2.05, 4.69) is 5.32 Å². The summed E-state index contributed by atoms with van der Waals surface area (Å²) in [6.45, 7) is 0. The first-order valence-corrected chi connectivity index (χ1v) is 8.01. The second-order valence-corrected chi connectivity index (χ2v) is 6.78. The Bertz CT molecular complexity index is 514. The molecule has 1 heterocycles. The van der Waals surface area contributed by atoms with E-state index in [1.54, 1.807) is 11.8 Å². The van der Waals surface area contributed by atoms with Gasteiger partial charge in [0.2, 0.25) is 0 Å². The van der Waals surface area contributed by atoms with E-state index in [1.807, 2.05) is 18.2 Å². The second kappa shape index (κ2) is 5.00. The minimum absolute atomic E-state index is 0.00870. The van der Waals surface area contributed by atoms with Gasteiger partial charge in [-0.05, 0) is 48.3 Å². The third-order valence-corrected chi connectivity index (χ3v) is 5.32. The molecule has 2 aliphatic rings. The summed E-state index contributed by atoms with van der Waals surface area (Å²) in [5.41, 5.74) is 1.15. The maximum absolute atomic E-state index is 12.2. The van der Waals surface area contributed by atoms with Crippen molar-refractivity contribution in [1.82, 2.24) is 5.32 Å². The number of hydrogen-bond donors (Lipinski definition) is 2. The van der Waals surface area contributed by atoms with Crippen molar-refractivity contribution < 1.29 is 9.90 Å². The predicted molar refractivity (Wildman–Crippen MR) is 77.5 cm³/mol. The number of rotatable bonds is 2. The number of aryl methyl sites for hydroxylation is 1. The Morgan fingerprint density at radius 3 is 3.11 bits per heavy atom. The van der Waals surface area contributed by atoms with Crippen molar-refractivity contribution in [2.45, 2.75) is 30.9 Å². The fourth-order valence-electron chi connectivity index (χ4n) is 2.76. The quantitative estimate of drug-likeness (QED) is 0.881. The third-order valence-electron chi connectivity index (χ3n) is 3.91. The Balaban J connectivity index is 1.74. The molecule has 1 fully saturated rings. The van der Waals surface area contributed by atoms with Crippen LogP contribution in [0.5, 0.6) is 0 Å². The van der Waals surface area contributed by atoms with Crippen molar-refractivity contribution in [2.24, 2.45) is 0 Å². The number of fused-ring (bicyclic) bond motifs is 1. The highest BCUT2D eigenvalue weighted by molar-refractivity contribution is 7.99. The van der Waals surface area contributed by atoms with Gasteiger partial charge in [-0.2, -0.15) is 11.8 Å². The van der Waals surface area contributed by atoms with Gasteiger partial charge in [0.15, 0.2) is 5.60 Å². The standard InChI is InChI=1S/C14H16ClNO2S/c15-10-2-3-11-9(7-10)1-4-12(11)16-13(17)14(18)5-6-19-8-14/h2-3,7,12,18H,1,4-6,8H2,(H,16,17). The average Bonchev–Trinajstić information content (AvgIpc) is 2.97. The number of thioether (sulfide) groups is 1. The van der Waals surface area contributed by atoms with Gasteiger partial charge in [0.1, 0.15) is 0 Å². The molecule has 0 aromatic heterocycles. The molecule has 19 heavy (non-hydrogen) atoms. The van der Waals surface area contributed by atoms with Gasteiger partial charge in [-0.1, -0.05) is 17.7 Å². The first kappa shape index (κ1) is 13.3. The molecular formula is C14H16ClNO2S. The SMILES string of the molecule is O=C(NC1CCc2cc(Cl)ccc21)C1(O)CCSC1. The molecule has 3 nitrogen and oxygen atoms in total. The maximum atomic E-state index is 12.2. The van der Waals surface area contributed by atoms with Gasteiger partial charge in [0, 0.05) is 10.8 Å². The van der Waals surface area contributed by atoms with E-state index < -0.39 is 5.60 Å². The molecule has 0 spiro atoms. The summed E-state index contributed by atoms with van der Waals surface area (Å²) in [4.78, 5) is 12.2. The van der Waals surface area contributed by atoms with Crippen LogP contribution in [-0.2, 0) is 11.2 Å². The normalized spacial score (nSPS) is 29.3. The lowest BCUT2D eigenvalue weighted by Gasteiger charge is -2.23. The number of carbonyl (C=O) groups excluding carboxylic acids is 1. The minimum atomic E-state index is -1.18. The Hall–Kier alpha value is -0.710. The number of benzene rings is 1. The van der Waals surface area contributed by atoms with Crippen molar-refractivity contribution in [2.75, 3.05) is 11.5 Å². The van der Waals surface area contributed by atoms with Crippen LogP contribution in [0.25, 0.3) is 0 Å². The van der Waals surface area contributed by atoms with Crippen molar-refractivity contribution in [3.63, 3.8) is 0 Å². The molecule has 0 bridgehead atoms. The highest BCUT2D eigenvalue weighted by atomic mass is 35.5. The van der Waals surface area contributed by atoms with E-state index in [9.17, 15) is 9.90 Å². The summed E-state index contributed by atoms with van der Waals surface area (Å²) in [7, 11) is 0. The number of nitrogens with one attached hydrogen (secondary N) is 1. The zero-order chi connectivity index (χ0) is 13.5. The van der Waals surface area contributed by atoms with Crippen molar-refractivity contribution in [3.05, 3.63) is 34.3 Å². The Morgan fingerprint density at radius 1 is 1.53 bits per heavy atom. The molecule has 1 aliphatic heterocycles. The first-order valence-electron chi connectivity index (χ1n) is 6.48. The molecule has 1 aromatic rings. The Morgan fingerprint density at radius 2 is 2.37 bits per heavy atom.